The van der Waals surface area contributed by atoms with E-state index in [2.05, 4.69) is 25.3 Å². The smallest absolute Gasteiger partial charge is 0.269 e. The fraction of sp³-hybridized carbons (Fsp3) is 0.294. The van der Waals surface area contributed by atoms with Crippen molar-refractivity contribution in [1.82, 2.24) is 19.9 Å². The minimum atomic E-state index is -0.645. The van der Waals surface area contributed by atoms with Gasteiger partial charge in [-0.1, -0.05) is 0 Å². The molecule has 0 spiro atoms. The average molecular weight is 353 g/mol. The predicted octanol–water partition coefficient (Wildman–Crippen LogP) is 0.647. The molecule has 4 rings (SSSR count). The molecule has 1 aliphatic rings. The van der Waals surface area contributed by atoms with Gasteiger partial charge in [0.25, 0.3) is 5.91 Å². The van der Waals surface area contributed by atoms with Gasteiger partial charge < -0.3 is 26.5 Å². The zero-order valence-corrected chi connectivity index (χ0v) is 14.0. The maximum atomic E-state index is 11.8. The molecule has 3 aromatic heterocycles. The first-order valence-electron chi connectivity index (χ1n) is 8.32. The van der Waals surface area contributed by atoms with Crippen molar-refractivity contribution in [2.75, 3.05) is 18.5 Å². The number of rotatable bonds is 4. The number of aromatic amines is 1. The predicted molar refractivity (Wildman–Crippen MR) is 96.5 cm³/mol. The van der Waals surface area contributed by atoms with Gasteiger partial charge in [0.15, 0.2) is 5.69 Å². The number of hydrogen-bond acceptors (Lipinski definition) is 7. The Kier molecular flexibility index (Phi) is 4.23. The Labute approximate surface area is 149 Å². The molecule has 1 amide bonds. The van der Waals surface area contributed by atoms with Crippen molar-refractivity contribution in [2.45, 2.75) is 18.5 Å². The highest BCUT2D eigenvalue weighted by Crippen LogP contribution is 2.25. The van der Waals surface area contributed by atoms with Crippen molar-refractivity contribution >= 4 is 22.8 Å². The van der Waals surface area contributed by atoms with Crippen LogP contribution in [0, 0.1) is 0 Å². The van der Waals surface area contributed by atoms with E-state index >= 15 is 0 Å². The van der Waals surface area contributed by atoms with Crippen LogP contribution in [0.15, 0.2) is 30.6 Å². The van der Waals surface area contributed by atoms with E-state index in [4.69, 9.17) is 16.2 Å². The number of fused-ring (bicyclic) bond motifs is 1. The van der Waals surface area contributed by atoms with Crippen molar-refractivity contribution in [3.63, 3.8) is 0 Å². The molecule has 2 atom stereocenters. The maximum absolute atomic E-state index is 11.8. The molecule has 3 aromatic rings. The lowest BCUT2D eigenvalue weighted by Gasteiger charge is -2.29. The number of H-pyrrole nitrogens is 1. The van der Waals surface area contributed by atoms with Gasteiger partial charge in [0.05, 0.1) is 29.5 Å². The first kappa shape index (κ1) is 16.4. The molecule has 0 saturated carbocycles. The largest absolute Gasteiger partial charge is 0.380 e. The number of amides is 1. The Morgan fingerprint density at radius 1 is 1.38 bits per heavy atom. The van der Waals surface area contributed by atoms with E-state index in [9.17, 15) is 4.79 Å². The Balaban J connectivity index is 1.72. The van der Waals surface area contributed by atoms with Crippen molar-refractivity contribution < 1.29 is 9.53 Å². The lowest BCUT2D eigenvalue weighted by atomic mass is 10.0. The molecule has 6 N–H and O–H groups in total. The molecule has 0 aliphatic carbocycles. The summed E-state index contributed by atoms with van der Waals surface area (Å²) in [4.78, 5) is 28.0. The Hall–Kier alpha value is -3.04. The monoisotopic (exact) mass is 353 g/mol. The van der Waals surface area contributed by atoms with Crippen LogP contribution < -0.4 is 16.8 Å². The first-order chi connectivity index (χ1) is 12.6. The summed E-state index contributed by atoms with van der Waals surface area (Å²) in [5.74, 6) is -0.118. The van der Waals surface area contributed by atoms with Gasteiger partial charge in [0.1, 0.15) is 11.5 Å². The molecule has 4 heterocycles. The standard InChI is InChI=1S/C17H19N7O2/c18-9-8-26-5-3-10(9)23-14-7-21-16(17(19)25)15(24-14)13-6-12-11(22-13)2-1-4-20-12/h1-2,4,6-7,9-10,22H,3,5,8,18H2,(H2,19,25)(H,23,24). The van der Waals surface area contributed by atoms with Gasteiger partial charge in [-0.3, -0.25) is 9.78 Å². The number of nitrogens with two attached hydrogens (primary N) is 2. The number of carbonyl (C=O) groups is 1. The highest BCUT2D eigenvalue weighted by Gasteiger charge is 2.24. The van der Waals surface area contributed by atoms with Crippen LogP contribution in [0.1, 0.15) is 16.9 Å². The summed E-state index contributed by atoms with van der Waals surface area (Å²) in [6.45, 7) is 1.13. The summed E-state index contributed by atoms with van der Waals surface area (Å²) >= 11 is 0. The Bertz CT molecular complexity index is 922. The van der Waals surface area contributed by atoms with E-state index in [0.29, 0.717) is 30.4 Å². The van der Waals surface area contributed by atoms with Gasteiger partial charge in [0.2, 0.25) is 0 Å². The topological polar surface area (TPSA) is 145 Å². The fourth-order valence-corrected chi connectivity index (χ4v) is 3.04. The normalized spacial score (nSPS) is 20.2. The molecule has 134 valence electrons. The van der Waals surface area contributed by atoms with Crippen molar-refractivity contribution in [2.24, 2.45) is 11.5 Å². The highest BCUT2D eigenvalue weighted by molar-refractivity contribution is 5.97. The van der Waals surface area contributed by atoms with Crippen LogP contribution in [0.2, 0.25) is 0 Å². The molecule has 0 aromatic carbocycles. The van der Waals surface area contributed by atoms with Gasteiger partial charge in [-0.05, 0) is 24.6 Å². The minimum Gasteiger partial charge on any atom is -0.380 e. The summed E-state index contributed by atoms with van der Waals surface area (Å²) in [6.07, 6.45) is 3.96. The second-order valence-corrected chi connectivity index (χ2v) is 6.21. The van der Waals surface area contributed by atoms with E-state index in [1.807, 2.05) is 18.2 Å². The molecule has 9 heteroatoms. The molecule has 1 saturated heterocycles. The zero-order valence-electron chi connectivity index (χ0n) is 14.0. The third-order valence-corrected chi connectivity index (χ3v) is 4.38. The van der Waals surface area contributed by atoms with Gasteiger partial charge >= 0.3 is 0 Å². The zero-order chi connectivity index (χ0) is 18.1. The van der Waals surface area contributed by atoms with Crippen LogP contribution in [-0.4, -0.2) is 51.1 Å². The van der Waals surface area contributed by atoms with Crippen molar-refractivity contribution in [3.05, 3.63) is 36.3 Å². The average Bonchev–Trinajstić information content (AvgIpc) is 3.07. The van der Waals surface area contributed by atoms with Gasteiger partial charge in [-0.25, -0.2) is 9.97 Å². The van der Waals surface area contributed by atoms with Crippen LogP contribution in [0.3, 0.4) is 0 Å². The number of carbonyl (C=O) groups excluding carboxylic acids is 1. The molecule has 9 nitrogen and oxygen atoms in total. The Morgan fingerprint density at radius 3 is 3.04 bits per heavy atom. The third kappa shape index (κ3) is 3.09. The van der Waals surface area contributed by atoms with Crippen LogP contribution in [0.25, 0.3) is 22.4 Å². The lowest BCUT2D eigenvalue weighted by molar-refractivity contribution is 0.0752. The second-order valence-electron chi connectivity index (χ2n) is 6.21. The number of hydrogen-bond donors (Lipinski definition) is 4. The van der Waals surface area contributed by atoms with E-state index in [1.54, 1.807) is 6.20 Å². The number of nitrogens with zero attached hydrogens (tertiary/aromatic N) is 3. The highest BCUT2D eigenvalue weighted by atomic mass is 16.5. The SMILES string of the molecule is NC(=O)c1ncc(NC2CCOCC2N)nc1-c1cc2ncccc2[nH]1. The molecular weight excluding hydrogens is 334 g/mol. The minimum absolute atomic E-state index is 0.0229. The van der Waals surface area contributed by atoms with E-state index in [-0.39, 0.29) is 17.8 Å². The Morgan fingerprint density at radius 2 is 2.27 bits per heavy atom. The van der Waals surface area contributed by atoms with Gasteiger partial charge in [-0.15, -0.1) is 0 Å². The first-order valence-corrected chi connectivity index (χ1v) is 8.32. The quantitative estimate of drug-likeness (QED) is 0.539. The van der Waals surface area contributed by atoms with Crippen LogP contribution in [0.4, 0.5) is 5.82 Å². The van der Waals surface area contributed by atoms with E-state index in [0.717, 1.165) is 17.5 Å². The molecule has 1 aliphatic heterocycles. The molecule has 26 heavy (non-hydrogen) atoms. The summed E-state index contributed by atoms with van der Waals surface area (Å²) in [5, 5.41) is 3.28. The molecule has 0 bridgehead atoms. The summed E-state index contributed by atoms with van der Waals surface area (Å²) in [6, 6.07) is 5.42. The number of pyridine rings is 1. The third-order valence-electron chi connectivity index (χ3n) is 4.38. The number of ether oxygens (including phenoxy) is 1. The summed E-state index contributed by atoms with van der Waals surface area (Å²) in [5.41, 5.74) is 14.3. The number of nitrogens with one attached hydrogen (secondary N) is 2. The van der Waals surface area contributed by atoms with Gasteiger partial charge in [-0.2, -0.15) is 0 Å². The number of aromatic nitrogens is 4. The number of primary amides is 1. The second kappa shape index (κ2) is 6.70. The van der Waals surface area contributed by atoms with E-state index < -0.39 is 5.91 Å². The number of anilines is 1. The van der Waals surface area contributed by atoms with Crippen LogP contribution >= 0.6 is 0 Å². The summed E-state index contributed by atoms with van der Waals surface area (Å²) < 4.78 is 5.35. The fourth-order valence-electron chi connectivity index (χ4n) is 3.04. The van der Waals surface area contributed by atoms with Crippen molar-refractivity contribution in [1.29, 1.82) is 0 Å². The van der Waals surface area contributed by atoms with E-state index in [1.165, 1.54) is 6.20 Å². The molecule has 1 fully saturated rings. The maximum Gasteiger partial charge on any atom is 0.269 e. The van der Waals surface area contributed by atoms with Gasteiger partial charge in [0, 0.05) is 24.9 Å². The van der Waals surface area contributed by atoms with Crippen LogP contribution in [-0.2, 0) is 4.74 Å². The molecular formula is C17H19N7O2. The van der Waals surface area contributed by atoms with Crippen molar-refractivity contribution in [3.8, 4) is 11.4 Å². The molecule has 0 radical (unpaired) electrons. The van der Waals surface area contributed by atoms with Crippen LogP contribution in [0.5, 0.6) is 0 Å². The lowest BCUT2D eigenvalue weighted by Crippen LogP contribution is -2.47. The molecule has 2 unspecified atom stereocenters. The summed E-state index contributed by atoms with van der Waals surface area (Å²) in [7, 11) is 0.